The third-order valence-electron chi connectivity index (χ3n) is 2.56. The molecule has 0 aliphatic carbocycles. The molecule has 0 unspecified atom stereocenters. The summed E-state index contributed by atoms with van der Waals surface area (Å²) in [5.41, 5.74) is 6.05. The number of carboxylic acid groups (broad SMARTS) is 1. The standard InChI is InChI=1S/C13H12FN3O3/c1-20-11-4-7(14)2-3-10(11)17-12-9(13(18)19)5-8(15)6-16-12/h2-6H,15H2,1H3,(H,16,17)(H,18,19). The molecule has 1 aromatic heterocycles. The van der Waals surface area contributed by atoms with Gasteiger partial charge in [-0.3, -0.25) is 0 Å². The summed E-state index contributed by atoms with van der Waals surface area (Å²) in [4.78, 5) is 15.1. The van der Waals surface area contributed by atoms with Crippen molar-refractivity contribution >= 4 is 23.2 Å². The summed E-state index contributed by atoms with van der Waals surface area (Å²) in [6.45, 7) is 0. The number of anilines is 3. The Bertz CT molecular complexity index is 661. The number of methoxy groups -OCH3 is 1. The van der Waals surface area contributed by atoms with Gasteiger partial charge in [0.15, 0.2) is 0 Å². The molecule has 0 radical (unpaired) electrons. The molecule has 1 heterocycles. The molecular weight excluding hydrogens is 265 g/mol. The van der Waals surface area contributed by atoms with Gasteiger partial charge in [-0.05, 0) is 18.2 Å². The fraction of sp³-hybridized carbons (Fsp3) is 0.0769. The SMILES string of the molecule is COc1cc(F)ccc1Nc1ncc(N)cc1C(=O)O. The van der Waals surface area contributed by atoms with E-state index in [1.165, 1.54) is 37.6 Å². The lowest BCUT2D eigenvalue weighted by atomic mass is 10.2. The zero-order chi connectivity index (χ0) is 14.7. The fourth-order valence-corrected chi connectivity index (χ4v) is 1.64. The highest BCUT2D eigenvalue weighted by molar-refractivity contribution is 5.95. The van der Waals surface area contributed by atoms with Crippen LogP contribution in [0.5, 0.6) is 5.75 Å². The average molecular weight is 277 g/mol. The summed E-state index contributed by atoms with van der Waals surface area (Å²) < 4.78 is 18.1. The zero-order valence-corrected chi connectivity index (χ0v) is 10.6. The lowest BCUT2D eigenvalue weighted by Gasteiger charge is -2.12. The van der Waals surface area contributed by atoms with Crippen LogP contribution in [0, 0.1) is 5.82 Å². The molecule has 2 aromatic rings. The molecule has 0 fully saturated rings. The lowest BCUT2D eigenvalue weighted by Crippen LogP contribution is -2.06. The van der Waals surface area contributed by atoms with Crippen LogP contribution in [0.25, 0.3) is 0 Å². The number of nitrogens with one attached hydrogen (secondary N) is 1. The van der Waals surface area contributed by atoms with Crippen LogP contribution < -0.4 is 15.8 Å². The topological polar surface area (TPSA) is 97.5 Å². The minimum absolute atomic E-state index is 0.0867. The molecule has 0 spiro atoms. The molecule has 104 valence electrons. The number of ether oxygens (including phenoxy) is 1. The normalized spacial score (nSPS) is 10.1. The first-order chi connectivity index (χ1) is 9.51. The second kappa shape index (κ2) is 5.43. The van der Waals surface area contributed by atoms with Crippen molar-refractivity contribution in [1.29, 1.82) is 0 Å². The van der Waals surface area contributed by atoms with E-state index in [0.717, 1.165) is 0 Å². The molecule has 7 heteroatoms. The molecule has 1 aromatic carbocycles. The van der Waals surface area contributed by atoms with Gasteiger partial charge in [0.2, 0.25) is 0 Å². The van der Waals surface area contributed by atoms with Crippen molar-refractivity contribution in [2.24, 2.45) is 0 Å². The number of nitrogen functional groups attached to an aromatic ring is 1. The predicted molar refractivity (Wildman–Crippen MR) is 71.8 cm³/mol. The molecular formula is C13H12FN3O3. The number of rotatable bonds is 4. The Morgan fingerprint density at radius 1 is 1.45 bits per heavy atom. The third kappa shape index (κ3) is 2.77. The van der Waals surface area contributed by atoms with Gasteiger partial charge in [0.05, 0.1) is 24.7 Å². The smallest absolute Gasteiger partial charge is 0.339 e. The van der Waals surface area contributed by atoms with Crippen molar-refractivity contribution in [3.8, 4) is 5.75 Å². The number of carbonyl (C=O) groups is 1. The largest absolute Gasteiger partial charge is 0.494 e. The van der Waals surface area contributed by atoms with Crippen LogP contribution in [-0.4, -0.2) is 23.2 Å². The van der Waals surface area contributed by atoms with Gasteiger partial charge in [-0.15, -0.1) is 0 Å². The highest BCUT2D eigenvalue weighted by atomic mass is 19.1. The molecule has 0 amide bonds. The van der Waals surface area contributed by atoms with Crippen LogP contribution in [0.4, 0.5) is 21.6 Å². The van der Waals surface area contributed by atoms with Gasteiger partial charge in [-0.1, -0.05) is 0 Å². The second-order valence-electron chi connectivity index (χ2n) is 3.94. The van der Waals surface area contributed by atoms with E-state index in [1.54, 1.807) is 0 Å². The molecule has 0 saturated heterocycles. The Morgan fingerprint density at radius 3 is 2.85 bits per heavy atom. The van der Waals surface area contributed by atoms with Crippen molar-refractivity contribution < 1.29 is 19.0 Å². The number of carboxylic acids is 1. The molecule has 0 saturated carbocycles. The lowest BCUT2D eigenvalue weighted by molar-refractivity contribution is 0.0697. The van der Waals surface area contributed by atoms with E-state index >= 15 is 0 Å². The maximum Gasteiger partial charge on any atom is 0.339 e. The van der Waals surface area contributed by atoms with Crippen LogP contribution in [0.2, 0.25) is 0 Å². The van der Waals surface area contributed by atoms with Crippen molar-refractivity contribution in [3.05, 3.63) is 41.8 Å². The van der Waals surface area contributed by atoms with E-state index in [0.29, 0.717) is 5.69 Å². The number of hydrogen-bond donors (Lipinski definition) is 3. The van der Waals surface area contributed by atoms with E-state index in [2.05, 4.69) is 10.3 Å². The van der Waals surface area contributed by atoms with Gasteiger partial charge in [-0.2, -0.15) is 0 Å². The number of aromatic carboxylic acids is 1. The first kappa shape index (κ1) is 13.6. The Kier molecular flexibility index (Phi) is 3.69. The second-order valence-corrected chi connectivity index (χ2v) is 3.94. The van der Waals surface area contributed by atoms with Gasteiger partial charge in [0.25, 0.3) is 0 Å². The molecule has 0 atom stereocenters. The van der Waals surface area contributed by atoms with Crippen LogP contribution in [-0.2, 0) is 0 Å². The Balaban J connectivity index is 2.42. The summed E-state index contributed by atoms with van der Waals surface area (Å²) in [5, 5.41) is 11.9. The first-order valence-electron chi connectivity index (χ1n) is 5.60. The highest BCUT2D eigenvalue weighted by Gasteiger charge is 2.14. The van der Waals surface area contributed by atoms with Crippen molar-refractivity contribution in [2.45, 2.75) is 0 Å². The number of nitrogens with zero attached hydrogens (tertiary/aromatic N) is 1. The number of pyridine rings is 1. The van der Waals surface area contributed by atoms with Crippen molar-refractivity contribution in [1.82, 2.24) is 4.98 Å². The first-order valence-corrected chi connectivity index (χ1v) is 5.60. The quantitative estimate of drug-likeness (QED) is 0.793. The molecule has 0 aliphatic heterocycles. The molecule has 6 nitrogen and oxygen atoms in total. The fourth-order valence-electron chi connectivity index (χ4n) is 1.64. The van der Waals surface area contributed by atoms with Crippen LogP contribution in [0.1, 0.15) is 10.4 Å². The van der Waals surface area contributed by atoms with Crippen LogP contribution in [0.15, 0.2) is 30.5 Å². The van der Waals surface area contributed by atoms with Crippen molar-refractivity contribution in [3.63, 3.8) is 0 Å². The minimum Gasteiger partial charge on any atom is -0.494 e. The monoisotopic (exact) mass is 277 g/mol. The Hall–Kier alpha value is -2.83. The van der Waals surface area contributed by atoms with Gasteiger partial charge in [-0.25, -0.2) is 14.2 Å². The zero-order valence-electron chi connectivity index (χ0n) is 10.6. The number of nitrogens with two attached hydrogens (primary N) is 1. The van der Waals surface area contributed by atoms with E-state index < -0.39 is 11.8 Å². The van der Waals surface area contributed by atoms with Gasteiger partial charge in [0, 0.05) is 6.07 Å². The van der Waals surface area contributed by atoms with Gasteiger partial charge >= 0.3 is 5.97 Å². The van der Waals surface area contributed by atoms with Crippen molar-refractivity contribution in [2.75, 3.05) is 18.2 Å². The highest BCUT2D eigenvalue weighted by Crippen LogP contribution is 2.29. The van der Waals surface area contributed by atoms with E-state index in [4.69, 9.17) is 15.6 Å². The van der Waals surface area contributed by atoms with E-state index in [1.807, 2.05) is 0 Å². The van der Waals surface area contributed by atoms with Crippen LogP contribution in [0.3, 0.4) is 0 Å². The maximum absolute atomic E-state index is 13.1. The van der Waals surface area contributed by atoms with Gasteiger partial charge in [0.1, 0.15) is 22.9 Å². The minimum atomic E-state index is -1.17. The Morgan fingerprint density at radius 2 is 2.20 bits per heavy atom. The summed E-state index contributed by atoms with van der Waals surface area (Å²) in [5.74, 6) is -1.30. The summed E-state index contributed by atoms with van der Waals surface area (Å²) >= 11 is 0. The number of halogens is 1. The van der Waals surface area contributed by atoms with E-state index in [-0.39, 0.29) is 22.8 Å². The maximum atomic E-state index is 13.1. The molecule has 4 N–H and O–H groups in total. The Labute approximate surface area is 114 Å². The molecule has 0 bridgehead atoms. The summed E-state index contributed by atoms with van der Waals surface area (Å²) in [7, 11) is 1.38. The molecule has 2 rings (SSSR count). The van der Waals surface area contributed by atoms with Gasteiger partial charge < -0.3 is 20.9 Å². The summed E-state index contributed by atoms with van der Waals surface area (Å²) in [6, 6.07) is 5.12. The predicted octanol–water partition coefficient (Wildman–Crippen LogP) is 2.25. The molecule has 20 heavy (non-hydrogen) atoms. The number of benzene rings is 1. The average Bonchev–Trinajstić information content (AvgIpc) is 2.42. The van der Waals surface area contributed by atoms with Crippen LogP contribution >= 0.6 is 0 Å². The number of hydrogen-bond acceptors (Lipinski definition) is 5. The third-order valence-corrected chi connectivity index (χ3v) is 2.56. The van der Waals surface area contributed by atoms with E-state index in [9.17, 15) is 9.18 Å². The molecule has 0 aliphatic rings. The summed E-state index contributed by atoms with van der Waals surface area (Å²) in [6.07, 6.45) is 1.32. The number of aromatic nitrogens is 1.